The second kappa shape index (κ2) is 6.92. The van der Waals surface area contributed by atoms with E-state index in [1.807, 2.05) is 14.0 Å². The molecule has 114 valence electrons. The van der Waals surface area contributed by atoms with Gasteiger partial charge in [0.1, 0.15) is 5.15 Å². The SMILES string of the molecule is Cc1nn(C)c(Cl)c1CN(CC1CCNCC1)C(C)C. The number of aryl methyl sites for hydroxylation is 2. The molecule has 0 aliphatic carbocycles. The van der Waals surface area contributed by atoms with Gasteiger partial charge in [-0.1, -0.05) is 11.6 Å². The minimum absolute atomic E-state index is 0.528. The molecule has 4 nitrogen and oxygen atoms in total. The van der Waals surface area contributed by atoms with Crippen LogP contribution in [0.5, 0.6) is 0 Å². The number of hydrogen-bond acceptors (Lipinski definition) is 3. The normalized spacial score (nSPS) is 17.4. The Kier molecular flexibility index (Phi) is 5.47. The van der Waals surface area contributed by atoms with Gasteiger partial charge in [-0.05, 0) is 52.6 Å². The number of aromatic nitrogens is 2. The average Bonchev–Trinajstić information content (AvgIpc) is 2.65. The highest BCUT2D eigenvalue weighted by molar-refractivity contribution is 6.30. The van der Waals surface area contributed by atoms with Crippen LogP contribution in [0.25, 0.3) is 0 Å². The third kappa shape index (κ3) is 3.74. The van der Waals surface area contributed by atoms with Crippen LogP contribution in [0.4, 0.5) is 0 Å². The lowest BCUT2D eigenvalue weighted by molar-refractivity contribution is 0.161. The van der Waals surface area contributed by atoms with Gasteiger partial charge >= 0.3 is 0 Å². The fourth-order valence-corrected chi connectivity index (χ4v) is 3.14. The van der Waals surface area contributed by atoms with Crippen LogP contribution in [-0.2, 0) is 13.6 Å². The average molecular weight is 299 g/mol. The van der Waals surface area contributed by atoms with E-state index in [-0.39, 0.29) is 0 Å². The van der Waals surface area contributed by atoms with Crippen molar-refractivity contribution < 1.29 is 0 Å². The lowest BCUT2D eigenvalue weighted by atomic mass is 9.97. The summed E-state index contributed by atoms with van der Waals surface area (Å²) in [6.45, 7) is 10.9. The van der Waals surface area contributed by atoms with E-state index in [0.717, 1.165) is 42.9 Å². The van der Waals surface area contributed by atoms with Gasteiger partial charge in [0, 0.05) is 31.7 Å². The predicted molar refractivity (Wildman–Crippen MR) is 84.1 cm³/mol. The Morgan fingerprint density at radius 2 is 2.05 bits per heavy atom. The molecule has 1 aliphatic heterocycles. The zero-order valence-electron chi connectivity index (χ0n) is 13.1. The van der Waals surface area contributed by atoms with E-state index in [2.05, 4.69) is 29.2 Å². The van der Waals surface area contributed by atoms with E-state index in [1.165, 1.54) is 18.4 Å². The van der Waals surface area contributed by atoms with Crippen LogP contribution in [-0.4, -0.2) is 40.4 Å². The summed E-state index contributed by atoms with van der Waals surface area (Å²) in [6.07, 6.45) is 2.56. The molecule has 0 aromatic carbocycles. The van der Waals surface area contributed by atoms with Gasteiger partial charge in [-0.25, -0.2) is 0 Å². The number of nitrogens with zero attached hydrogens (tertiary/aromatic N) is 3. The Morgan fingerprint density at radius 3 is 2.55 bits per heavy atom. The number of rotatable bonds is 5. The van der Waals surface area contributed by atoms with Crippen molar-refractivity contribution in [2.45, 2.75) is 46.2 Å². The molecule has 1 N–H and O–H groups in total. The van der Waals surface area contributed by atoms with Crippen molar-refractivity contribution in [3.8, 4) is 0 Å². The summed E-state index contributed by atoms with van der Waals surface area (Å²) >= 11 is 6.37. The molecule has 1 aromatic heterocycles. The lowest BCUT2D eigenvalue weighted by Gasteiger charge is -2.32. The molecule has 1 saturated heterocycles. The monoisotopic (exact) mass is 298 g/mol. The highest BCUT2D eigenvalue weighted by Crippen LogP contribution is 2.23. The smallest absolute Gasteiger partial charge is 0.131 e. The molecular weight excluding hydrogens is 272 g/mol. The molecule has 0 unspecified atom stereocenters. The topological polar surface area (TPSA) is 33.1 Å². The van der Waals surface area contributed by atoms with E-state index in [9.17, 15) is 0 Å². The van der Waals surface area contributed by atoms with Crippen molar-refractivity contribution >= 4 is 11.6 Å². The number of nitrogens with one attached hydrogen (secondary N) is 1. The second-order valence-corrected chi connectivity index (χ2v) is 6.55. The summed E-state index contributed by atoms with van der Waals surface area (Å²) in [5.41, 5.74) is 2.23. The zero-order valence-corrected chi connectivity index (χ0v) is 13.9. The zero-order chi connectivity index (χ0) is 14.7. The molecule has 5 heteroatoms. The van der Waals surface area contributed by atoms with Gasteiger partial charge in [-0.15, -0.1) is 0 Å². The maximum atomic E-state index is 6.37. The van der Waals surface area contributed by atoms with Crippen LogP contribution in [0, 0.1) is 12.8 Å². The maximum Gasteiger partial charge on any atom is 0.131 e. The second-order valence-electron chi connectivity index (χ2n) is 6.19. The molecule has 0 bridgehead atoms. The number of hydrogen-bond donors (Lipinski definition) is 1. The summed E-state index contributed by atoms with van der Waals surface area (Å²) in [5.74, 6) is 0.800. The fourth-order valence-electron chi connectivity index (χ4n) is 2.91. The number of piperidine rings is 1. The van der Waals surface area contributed by atoms with Crippen molar-refractivity contribution in [1.82, 2.24) is 20.0 Å². The molecule has 2 heterocycles. The largest absolute Gasteiger partial charge is 0.317 e. The Bertz CT molecular complexity index is 435. The van der Waals surface area contributed by atoms with Gasteiger partial charge in [-0.2, -0.15) is 5.10 Å². The molecule has 0 spiro atoms. The van der Waals surface area contributed by atoms with E-state index in [0.29, 0.717) is 6.04 Å². The van der Waals surface area contributed by atoms with E-state index in [1.54, 1.807) is 4.68 Å². The van der Waals surface area contributed by atoms with E-state index in [4.69, 9.17) is 11.6 Å². The first kappa shape index (κ1) is 15.8. The van der Waals surface area contributed by atoms with Crippen LogP contribution in [0.3, 0.4) is 0 Å². The van der Waals surface area contributed by atoms with Crippen LogP contribution >= 0.6 is 11.6 Å². The Morgan fingerprint density at radius 1 is 1.40 bits per heavy atom. The molecule has 0 amide bonds. The predicted octanol–water partition coefficient (Wildman–Crippen LogP) is 2.59. The van der Waals surface area contributed by atoms with Crippen molar-refractivity contribution in [2.24, 2.45) is 13.0 Å². The van der Waals surface area contributed by atoms with Crippen molar-refractivity contribution in [3.63, 3.8) is 0 Å². The third-order valence-electron chi connectivity index (χ3n) is 4.31. The van der Waals surface area contributed by atoms with Gasteiger partial charge in [0.05, 0.1) is 5.69 Å². The quantitative estimate of drug-likeness (QED) is 0.907. The summed E-state index contributed by atoms with van der Waals surface area (Å²) in [6, 6.07) is 0.528. The standard InChI is InChI=1S/C15H27ClN4/c1-11(2)20(9-13-5-7-17-8-6-13)10-14-12(3)18-19(4)15(14)16/h11,13,17H,5-10H2,1-4H3. The van der Waals surface area contributed by atoms with E-state index >= 15 is 0 Å². The Hall–Kier alpha value is -0.580. The molecule has 1 aliphatic rings. The minimum Gasteiger partial charge on any atom is -0.317 e. The van der Waals surface area contributed by atoms with E-state index < -0.39 is 0 Å². The van der Waals surface area contributed by atoms with Gasteiger partial charge in [-0.3, -0.25) is 9.58 Å². The van der Waals surface area contributed by atoms with Gasteiger partial charge in [0.15, 0.2) is 0 Å². The van der Waals surface area contributed by atoms with Crippen LogP contribution in [0.2, 0.25) is 5.15 Å². The van der Waals surface area contributed by atoms with Crippen LogP contribution in [0.1, 0.15) is 37.9 Å². The van der Waals surface area contributed by atoms with Gasteiger partial charge < -0.3 is 5.32 Å². The molecule has 0 radical (unpaired) electrons. The number of halogens is 1. The van der Waals surface area contributed by atoms with Crippen LogP contribution in [0.15, 0.2) is 0 Å². The summed E-state index contributed by atoms with van der Waals surface area (Å²) < 4.78 is 1.77. The van der Waals surface area contributed by atoms with Crippen molar-refractivity contribution in [3.05, 3.63) is 16.4 Å². The first-order valence-corrected chi connectivity index (χ1v) is 7.99. The Balaban J connectivity index is 2.05. The molecule has 1 aromatic rings. The molecule has 2 rings (SSSR count). The van der Waals surface area contributed by atoms with Crippen LogP contribution < -0.4 is 5.32 Å². The highest BCUT2D eigenvalue weighted by Gasteiger charge is 2.21. The summed E-state index contributed by atoms with van der Waals surface area (Å²) in [5, 5.41) is 8.63. The molecular formula is C15H27ClN4. The minimum atomic E-state index is 0.528. The Labute approximate surface area is 127 Å². The first-order chi connectivity index (χ1) is 9.49. The highest BCUT2D eigenvalue weighted by atomic mass is 35.5. The van der Waals surface area contributed by atoms with Gasteiger partial charge in [0.2, 0.25) is 0 Å². The first-order valence-electron chi connectivity index (χ1n) is 7.61. The lowest BCUT2D eigenvalue weighted by Crippen LogP contribution is -2.39. The molecule has 1 fully saturated rings. The van der Waals surface area contributed by atoms with Crippen molar-refractivity contribution in [2.75, 3.05) is 19.6 Å². The summed E-state index contributed by atoms with van der Waals surface area (Å²) in [7, 11) is 1.91. The maximum absolute atomic E-state index is 6.37. The summed E-state index contributed by atoms with van der Waals surface area (Å²) in [4.78, 5) is 2.53. The third-order valence-corrected chi connectivity index (χ3v) is 4.79. The van der Waals surface area contributed by atoms with Crippen molar-refractivity contribution in [1.29, 1.82) is 0 Å². The fraction of sp³-hybridized carbons (Fsp3) is 0.800. The van der Waals surface area contributed by atoms with Gasteiger partial charge in [0.25, 0.3) is 0 Å². The molecule has 20 heavy (non-hydrogen) atoms. The molecule has 0 saturated carbocycles. The molecule has 0 atom stereocenters.